The van der Waals surface area contributed by atoms with Crippen LogP contribution in [0.4, 0.5) is 5.69 Å². The van der Waals surface area contributed by atoms with Gasteiger partial charge in [-0.25, -0.2) is 4.79 Å². The number of carboxylic acid groups (broad SMARTS) is 1. The maximum Gasteiger partial charge on any atom is 0.337 e. The van der Waals surface area contributed by atoms with Gasteiger partial charge in [-0.05, 0) is 18.9 Å². The number of unbranched alkanes of at least 4 members (excludes halogenated alkanes) is 3. The molecule has 1 aromatic rings. The van der Waals surface area contributed by atoms with Crippen molar-refractivity contribution in [1.29, 1.82) is 0 Å². The zero-order valence-corrected chi connectivity index (χ0v) is 9.72. The van der Waals surface area contributed by atoms with Gasteiger partial charge in [-0.15, -0.1) is 0 Å². The van der Waals surface area contributed by atoms with Gasteiger partial charge in [-0.2, -0.15) is 0 Å². The summed E-state index contributed by atoms with van der Waals surface area (Å²) in [7, 11) is 0. The van der Waals surface area contributed by atoms with E-state index in [1.54, 1.807) is 0 Å². The van der Waals surface area contributed by atoms with Gasteiger partial charge in [0, 0.05) is 19.3 Å². The van der Waals surface area contributed by atoms with Crippen LogP contribution in [-0.4, -0.2) is 34.3 Å². The van der Waals surface area contributed by atoms with Crippen molar-refractivity contribution in [2.45, 2.75) is 25.7 Å². The van der Waals surface area contributed by atoms with Crippen molar-refractivity contribution in [2.24, 2.45) is 0 Å². The number of rotatable bonds is 8. The number of hydrogen-bond acceptors (Lipinski definition) is 4. The summed E-state index contributed by atoms with van der Waals surface area (Å²) in [6.07, 6.45) is 6.79. The molecule has 1 rings (SSSR count). The Morgan fingerprint density at radius 2 is 2.06 bits per heavy atom. The van der Waals surface area contributed by atoms with Gasteiger partial charge in [0.15, 0.2) is 0 Å². The second kappa shape index (κ2) is 7.62. The van der Waals surface area contributed by atoms with Gasteiger partial charge in [-0.3, -0.25) is 4.98 Å². The molecular formula is C12H18N2O3. The fourth-order valence-corrected chi connectivity index (χ4v) is 1.54. The van der Waals surface area contributed by atoms with Crippen molar-refractivity contribution >= 4 is 11.7 Å². The second-order valence-electron chi connectivity index (χ2n) is 3.79. The molecule has 0 atom stereocenters. The molecule has 5 nitrogen and oxygen atoms in total. The first kappa shape index (κ1) is 13.4. The lowest BCUT2D eigenvalue weighted by molar-refractivity contribution is 0.0698. The van der Waals surface area contributed by atoms with E-state index in [2.05, 4.69) is 10.3 Å². The van der Waals surface area contributed by atoms with Gasteiger partial charge < -0.3 is 15.5 Å². The lowest BCUT2D eigenvalue weighted by Gasteiger charge is -2.08. The van der Waals surface area contributed by atoms with Crippen molar-refractivity contribution in [3.8, 4) is 0 Å². The number of aromatic carboxylic acids is 1. The van der Waals surface area contributed by atoms with Crippen molar-refractivity contribution in [3.63, 3.8) is 0 Å². The highest BCUT2D eigenvalue weighted by Crippen LogP contribution is 2.13. The molecule has 0 spiro atoms. The van der Waals surface area contributed by atoms with E-state index in [4.69, 9.17) is 10.2 Å². The van der Waals surface area contributed by atoms with E-state index in [0.29, 0.717) is 5.69 Å². The number of carboxylic acids is 1. The smallest absolute Gasteiger partial charge is 0.337 e. The van der Waals surface area contributed by atoms with Gasteiger partial charge in [0.25, 0.3) is 0 Å². The number of aromatic nitrogens is 1. The Morgan fingerprint density at radius 3 is 2.76 bits per heavy atom. The van der Waals surface area contributed by atoms with Gasteiger partial charge in [0.1, 0.15) is 0 Å². The number of nitrogens with zero attached hydrogens (tertiary/aromatic N) is 1. The number of pyridine rings is 1. The first-order valence-corrected chi connectivity index (χ1v) is 5.77. The molecular weight excluding hydrogens is 220 g/mol. The van der Waals surface area contributed by atoms with Crippen LogP contribution in [0.15, 0.2) is 18.5 Å². The molecule has 0 unspecified atom stereocenters. The molecule has 94 valence electrons. The monoisotopic (exact) mass is 238 g/mol. The van der Waals surface area contributed by atoms with E-state index in [1.165, 1.54) is 18.5 Å². The third-order valence-corrected chi connectivity index (χ3v) is 2.45. The lowest BCUT2D eigenvalue weighted by atomic mass is 10.2. The Bertz CT molecular complexity index is 355. The number of anilines is 1. The normalized spacial score (nSPS) is 10.2. The largest absolute Gasteiger partial charge is 0.478 e. The number of hydrogen-bond donors (Lipinski definition) is 3. The van der Waals surface area contributed by atoms with Gasteiger partial charge >= 0.3 is 5.97 Å². The van der Waals surface area contributed by atoms with Crippen LogP contribution >= 0.6 is 0 Å². The Morgan fingerprint density at radius 1 is 1.29 bits per heavy atom. The minimum atomic E-state index is -0.949. The fraction of sp³-hybridized carbons (Fsp3) is 0.500. The molecule has 1 heterocycles. The Hall–Kier alpha value is -1.62. The van der Waals surface area contributed by atoms with Crippen molar-refractivity contribution < 1.29 is 15.0 Å². The molecule has 0 aromatic carbocycles. The van der Waals surface area contributed by atoms with E-state index in [-0.39, 0.29) is 12.2 Å². The molecule has 0 aliphatic heterocycles. The van der Waals surface area contributed by atoms with Crippen LogP contribution in [-0.2, 0) is 0 Å². The number of nitrogens with one attached hydrogen (secondary N) is 1. The van der Waals surface area contributed by atoms with Crippen LogP contribution in [0, 0.1) is 0 Å². The minimum Gasteiger partial charge on any atom is -0.478 e. The molecule has 5 heteroatoms. The molecule has 0 fully saturated rings. The minimum absolute atomic E-state index is 0.235. The zero-order valence-electron chi connectivity index (χ0n) is 9.72. The average Bonchev–Trinajstić information content (AvgIpc) is 2.34. The summed E-state index contributed by atoms with van der Waals surface area (Å²) in [5.41, 5.74) is 0.803. The van der Waals surface area contributed by atoms with Crippen molar-refractivity contribution in [1.82, 2.24) is 4.98 Å². The molecule has 0 saturated heterocycles. The highest BCUT2D eigenvalue weighted by molar-refractivity contribution is 5.93. The third-order valence-electron chi connectivity index (χ3n) is 2.45. The molecule has 0 aliphatic rings. The predicted molar refractivity (Wildman–Crippen MR) is 65.2 cm³/mol. The molecule has 0 amide bonds. The number of aliphatic hydroxyl groups is 1. The van der Waals surface area contributed by atoms with Crippen LogP contribution in [0.5, 0.6) is 0 Å². The molecule has 0 aliphatic carbocycles. The fourth-order valence-electron chi connectivity index (χ4n) is 1.54. The van der Waals surface area contributed by atoms with Crippen LogP contribution < -0.4 is 5.32 Å². The molecule has 3 N–H and O–H groups in total. The van der Waals surface area contributed by atoms with Crippen LogP contribution in [0.2, 0.25) is 0 Å². The second-order valence-corrected chi connectivity index (χ2v) is 3.79. The number of aliphatic hydroxyl groups excluding tert-OH is 1. The van der Waals surface area contributed by atoms with E-state index in [9.17, 15) is 4.79 Å². The van der Waals surface area contributed by atoms with Crippen molar-refractivity contribution in [2.75, 3.05) is 18.5 Å². The summed E-state index contributed by atoms with van der Waals surface area (Å²) >= 11 is 0. The molecule has 0 bridgehead atoms. The summed E-state index contributed by atoms with van der Waals surface area (Å²) in [5.74, 6) is -0.949. The summed E-state index contributed by atoms with van der Waals surface area (Å²) in [4.78, 5) is 14.8. The zero-order chi connectivity index (χ0) is 12.5. The Labute approximate surface area is 101 Å². The molecule has 0 radical (unpaired) electrons. The Balaban J connectivity index is 2.34. The highest BCUT2D eigenvalue weighted by atomic mass is 16.4. The molecule has 0 saturated carbocycles. The van der Waals surface area contributed by atoms with Gasteiger partial charge in [0.05, 0.1) is 17.4 Å². The first-order chi connectivity index (χ1) is 8.25. The highest BCUT2D eigenvalue weighted by Gasteiger charge is 2.08. The van der Waals surface area contributed by atoms with Crippen molar-refractivity contribution in [3.05, 3.63) is 24.0 Å². The standard InChI is InChI=1S/C12H18N2O3/c15-8-4-2-1-3-6-14-11-9-13-7-5-10(11)12(16)17/h5,7,9,14-15H,1-4,6,8H2,(H,16,17). The predicted octanol–water partition coefficient (Wildman–Crippen LogP) is 1.74. The van der Waals surface area contributed by atoms with Crippen LogP contribution in [0.3, 0.4) is 0 Å². The number of carbonyl (C=O) groups is 1. The van der Waals surface area contributed by atoms with Crippen LogP contribution in [0.25, 0.3) is 0 Å². The topological polar surface area (TPSA) is 82.5 Å². The van der Waals surface area contributed by atoms with E-state index >= 15 is 0 Å². The van der Waals surface area contributed by atoms with E-state index in [1.807, 2.05) is 0 Å². The first-order valence-electron chi connectivity index (χ1n) is 5.77. The third kappa shape index (κ3) is 4.82. The molecule has 17 heavy (non-hydrogen) atoms. The van der Waals surface area contributed by atoms with E-state index in [0.717, 1.165) is 32.2 Å². The Kier molecular flexibility index (Phi) is 6.03. The average molecular weight is 238 g/mol. The summed E-state index contributed by atoms with van der Waals surface area (Å²) in [5, 5.41) is 20.6. The van der Waals surface area contributed by atoms with E-state index < -0.39 is 5.97 Å². The quantitative estimate of drug-likeness (QED) is 0.601. The molecule has 1 aromatic heterocycles. The van der Waals surface area contributed by atoms with Gasteiger partial charge in [-0.1, -0.05) is 12.8 Å². The van der Waals surface area contributed by atoms with Gasteiger partial charge in [0.2, 0.25) is 0 Å². The summed E-state index contributed by atoms with van der Waals surface area (Å²) in [6.45, 7) is 0.955. The van der Waals surface area contributed by atoms with Crippen LogP contribution in [0.1, 0.15) is 36.0 Å². The maximum atomic E-state index is 10.9. The summed E-state index contributed by atoms with van der Waals surface area (Å²) < 4.78 is 0. The lowest BCUT2D eigenvalue weighted by Crippen LogP contribution is -2.08. The SMILES string of the molecule is O=C(O)c1ccncc1NCCCCCCO. The summed E-state index contributed by atoms with van der Waals surface area (Å²) in [6, 6.07) is 1.48. The maximum absolute atomic E-state index is 10.9.